The molecule has 1 aromatic heterocycles. The van der Waals surface area contributed by atoms with Crippen LogP contribution < -0.4 is 9.64 Å². The minimum Gasteiger partial charge on any atom is -0.477 e. The minimum absolute atomic E-state index is 0.0436. The molecule has 0 aliphatic carbocycles. The number of hydrogen-bond donors (Lipinski definition) is 0. The van der Waals surface area contributed by atoms with E-state index in [1.807, 2.05) is 6.92 Å². The van der Waals surface area contributed by atoms with Gasteiger partial charge in [0.05, 0.1) is 6.61 Å². The Morgan fingerprint density at radius 3 is 3.00 bits per heavy atom. The smallest absolute Gasteiger partial charge is 0.366 e. The number of nitro groups is 1. The predicted molar refractivity (Wildman–Crippen MR) is 74.6 cm³/mol. The number of carbonyl (C=O) groups is 2. The van der Waals surface area contributed by atoms with Crippen LogP contribution in [0, 0.1) is 10.1 Å². The first kappa shape index (κ1) is 15.7. The highest BCUT2D eigenvalue weighted by molar-refractivity contribution is 6.00. The van der Waals surface area contributed by atoms with E-state index >= 15 is 0 Å². The molecule has 0 spiro atoms. The van der Waals surface area contributed by atoms with Crippen LogP contribution in [-0.2, 0) is 14.3 Å². The lowest BCUT2D eigenvalue weighted by atomic mass is 10.3. The third kappa shape index (κ3) is 3.48. The number of unbranched alkanes of at least 4 members (excludes halogenated alkanes) is 1. The maximum absolute atomic E-state index is 11.9. The van der Waals surface area contributed by atoms with Crippen molar-refractivity contribution in [1.29, 1.82) is 0 Å². The number of nitrogens with zero attached hydrogens (tertiary/aromatic N) is 3. The third-order valence-electron chi connectivity index (χ3n) is 2.97. The third-order valence-corrected chi connectivity index (χ3v) is 2.97. The van der Waals surface area contributed by atoms with E-state index in [4.69, 9.17) is 9.47 Å². The number of aromatic nitrogens is 1. The molecule has 1 aliphatic rings. The van der Waals surface area contributed by atoms with Gasteiger partial charge < -0.3 is 19.6 Å². The van der Waals surface area contributed by atoms with Crippen LogP contribution in [0.2, 0.25) is 0 Å². The van der Waals surface area contributed by atoms with Gasteiger partial charge in [0, 0.05) is 6.07 Å². The zero-order valence-corrected chi connectivity index (χ0v) is 12.0. The summed E-state index contributed by atoms with van der Waals surface area (Å²) in [5.74, 6) is -1.36. The second-order valence-electron chi connectivity index (χ2n) is 4.59. The number of esters is 1. The second kappa shape index (κ2) is 6.83. The van der Waals surface area contributed by atoms with Gasteiger partial charge in [0.15, 0.2) is 12.4 Å². The highest BCUT2D eigenvalue weighted by atomic mass is 16.6. The van der Waals surface area contributed by atoms with E-state index in [0.29, 0.717) is 0 Å². The van der Waals surface area contributed by atoms with E-state index in [9.17, 15) is 19.7 Å². The minimum atomic E-state index is -0.683. The van der Waals surface area contributed by atoms with Gasteiger partial charge in [-0.2, -0.15) is 0 Å². The molecule has 2 heterocycles. The fraction of sp³-hybridized carbons (Fsp3) is 0.462. The number of anilines is 1. The molecule has 9 heteroatoms. The molecular weight excluding hydrogens is 294 g/mol. The van der Waals surface area contributed by atoms with Crippen molar-refractivity contribution >= 4 is 23.5 Å². The summed E-state index contributed by atoms with van der Waals surface area (Å²) in [6.45, 7) is 1.61. The molecule has 0 unspecified atom stereocenters. The molecule has 0 fully saturated rings. The number of pyridine rings is 1. The van der Waals surface area contributed by atoms with Crippen molar-refractivity contribution in [3.05, 3.63) is 22.2 Å². The van der Waals surface area contributed by atoms with Crippen LogP contribution in [0.5, 0.6) is 5.75 Å². The quantitative estimate of drug-likeness (QED) is 0.334. The Balaban J connectivity index is 2.17. The Kier molecular flexibility index (Phi) is 4.87. The van der Waals surface area contributed by atoms with Crippen molar-refractivity contribution in [3.63, 3.8) is 0 Å². The largest absolute Gasteiger partial charge is 0.477 e. The summed E-state index contributed by atoms with van der Waals surface area (Å²) in [4.78, 5) is 38.5. The van der Waals surface area contributed by atoms with Gasteiger partial charge >= 0.3 is 11.8 Å². The molecule has 0 saturated carbocycles. The molecule has 118 valence electrons. The first-order valence-corrected chi connectivity index (χ1v) is 6.77. The van der Waals surface area contributed by atoms with Crippen molar-refractivity contribution in [3.8, 4) is 5.75 Å². The summed E-state index contributed by atoms with van der Waals surface area (Å²) >= 11 is 0. The normalized spacial score (nSPS) is 13.3. The van der Waals surface area contributed by atoms with E-state index in [1.54, 1.807) is 0 Å². The van der Waals surface area contributed by atoms with Crippen LogP contribution >= 0.6 is 0 Å². The molecule has 1 aliphatic heterocycles. The lowest BCUT2D eigenvalue weighted by Crippen LogP contribution is -2.43. The van der Waals surface area contributed by atoms with Crippen molar-refractivity contribution < 1.29 is 24.0 Å². The van der Waals surface area contributed by atoms with E-state index < -0.39 is 22.6 Å². The molecule has 0 bridgehead atoms. The Labute approximate surface area is 126 Å². The maximum Gasteiger partial charge on any atom is 0.366 e. The molecule has 0 radical (unpaired) electrons. The van der Waals surface area contributed by atoms with E-state index in [-0.39, 0.29) is 31.3 Å². The molecule has 0 N–H and O–H groups in total. The first-order chi connectivity index (χ1) is 10.5. The molecule has 0 atom stereocenters. The van der Waals surface area contributed by atoms with Gasteiger partial charge in [-0.25, -0.2) is 0 Å². The molecule has 9 nitrogen and oxygen atoms in total. The number of amides is 1. The van der Waals surface area contributed by atoms with Crippen LogP contribution in [-0.4, -0.2) is 41.5 Å². The van der Waals surface area contributed by atoms with Gasteiger partial charge in [-0.3, -0.25) is 14.5 Å². The summed E-state index contributed by atoms with van der Waals surface area (Å²) in [6, 6.07) is 2.52. The Morgan fingerprint density at radius 2 is 2.32 bits per heavy atom. The van der Waals surface area contributed by atoms with Crippen molar-refractivity contribution in [1.82, 2.24) is 4.98 Å². The number of hydrogen-bond acceptors (Lipinski definition) is 7. The summed E-state index contributed by atoms with van der Waals surface area (Å²) in [7, 11) is 0. The van der Waals surface area contributed by atoms with Gasteiger partial charge in [0.2, 0.25) is 0 Å². The van der Waals surface area contributed by atoms with Gasteiger partial charge in [-0.15, -0.1) is 0 Å². The van der Waals surface area contributed by atoms with Crippen LogP contribution in [0.15, 0.2) is 12.1 Å². The Morgan fingerprint density at radius 1 is 1.55 bits per heavy atom. The summed E-state index contributed by atoms with van der Waals surface area (Å²) < 4.78 is 10.1. The van der Waals surface area contributed by atoms with E-state index in [2.05, 4.69) is 4.98 Å². The molecule has 22 heavy (non-hydrogen) atoms. The number of fused-ring (bicyclic) bond motifs is 1. The molecule has 1 aromatic rings. The fourth-order valence-electron chi connectivity index (χ4n) is 1.84. The summed E-state index contributed by atoms with van der Waals surface area (Å²) in [5.41, 5.74) is 0. The average Bonchev–Trinajstić information content (AvgIpc) is 2.50. The summed E-state index contributed by atoms with van der Waals surface area (Å²) in [6.07, 6.45) is 1.60. The van der Waals surface area contributed by atoms with Crippen LogP contribution in [0.3, 0.4) is 0 Å². The highest BCUT2D eigenvalue weighted by Crippen LogP contribution is 2.31. The van der Waals surface area contributed by atoms with Crippen LogP contribution in [0.4, 0.5) is 11.6 Å². The molecule has 1 amide bonds. The van der Waals surface area contributed by atoms with Crippen molar-refractivity contribution in [2.24, 2.45) is 0 Å². The standard InChI is InChI=1S/C13H15N3O6/c1-2-3-6-21-12(18)7-15-11(17)8-22-9-4-5-10(16(19)20)14-13(9)15/h4-5H,2-3,6-8H2,1H3. The number of carbonyl (C=O) groups excluding carboxylic acids is 2. The van der Waals surface area contributed by atoms with Crippen LogP contribution in [0.25, 0.3) is 0 Å². The van der Waals surface area contributed by atoms with Gasteiger partial charge in [0.1, 0.15) is 6.54 Å². The van der Waals surface area contributed by atoms with Gasteiger partial charge in [-0.05, 0) is 22.4 Å². The monoisotopic (exact) mass is 309 g/mol. The van der Waals surface area contributed by atoms with E-state index in [1.165, 1.54) is 12.1 Å². The second-order valence-corrected chi connectivity index (χ2v) is 4.59. The lowest BCUT2D eigenvalue weighted by molar-refractivity contribution is -0.389. The predicted octanol–water partition coefficient (Wildman–Crippen LogP) is 1.06. The molecule has 2 rings (SSSR count). The fourth-order valence-corrected chi connectivity index (χ4v) is 1.84. The highest BCUT2D eigenvalue weighted by Gasteiger charge is 2.33. The number of rotatable bonds is 6. The van der Waals surface area contributed by atoms with Crippen molar-refractivity contribution in [2.45, 2.75) is 19.8 Å². The zero-order chi connectivity index (χ0) is 16.1. The molecule has 0 aromatic carbocycles. The topological polar surface area (TPSA) is 112 Å². The Hall–Kier alpha value is -2.71. The maximum atomic E-state index is 11.9. The van der Waals surface area contributed by atoms with Crippen LogP contribution in [0.1, 0.15) is 19.8 Å². The first-order valence-electron chi connectivity index (χ1n) is 6.77. The average molecular weight is 309 g/mol. The number of ether oxygens (including phenoxy) is 2. The van der Waals surface area contributed by atoms with E-state index in [0.717, 1.165) is 17.7 Å². The zero-order valence-electron chi connectivity index (χ0n) is 12.0. The summed E-state index contributed by atoms with van der Waals surface area (Å²) in [5, 5.41) is 10.8. The van der Waals surface area contributed by atoms with Gasteiger partial charge in [0.25, 0.3) is 11.7 Å². The van der Waals surface area contributed by atoms with Gasteiger partial charge in [-0.1, -0.05) is 13.3 Å². The molecule has 0 saturated heterocycles. The Bertz CT molecular complexity index is 603. The SMILES string of the molecule is CCCCOC(=O)CN1C(=O)COc2ccc([N+](=O)[O-])nc21. The molecular formula is C13H15N3O6. The lowest BCUT2D eigenvalue weighted by Gasteiger charge is -2.24. The van der Waals surface area contributed by atoms with Crippen molar-refractivity contribution in [2.75, 3.05) is 24.7 Å².